The lowest BCUT2D eigenvalue weighted by Crippen LogP contribution is -2.40. The van der Waals surface area contributed by atoms with Crippen molar-refractivity contribution in [1.29, 1.82) is 0 Å². The van der Waals surface area contributed by atoms with Crippen LogP contribution in [-0.4, -0.2) is 56.0 Å². The monoisotopic (exact) mass is 455 g/mol. The number of morpholine rings is 1. The molecule has 9 heteroatoms. The third-order valence-electron chi connectivity index (χ3n) is 5.28. The number of aryl methyl sites for hydroxylation is 1. The molecule has 8 nitrogen and oxygen atoms in total. The predicted octanol–water partition coefficient (Wildman–Crippen LogP) is 2.91. The minimum Gasteiger partial charge on any atom is -0.495 e. The molecule has 0 spiro atoms. The van der Waals surface area contributed by atoms with Gasteiger partial charge in [0.25, 0.3) is 17.7 Å². The van der Waals surface area contributed by atoms with Crippen molar-refractivity contribution >= 4 is 40.7 Å². The van der Waals surface area contributed by atoms with Gasteiger partial charge in [0.1, 0.15) is 16.5 Å². The maximum Gasteiger partial charge on any atom is 0.283 e. The molecule has 1 fully saturated rings. The quantitative estimate of drug-likeness (QED) is 0.697. The summed E-state index contributed by atoms with van der Waals surface area (Å²) in [7, 11) is 1.46. The molecule has 0 aromatic heterocycles. The van der Waals surface area contributed by atoms with Gasteiger partial charge >= 0.3 is 0 Å². The molecule has 1 saturated heterocycles. The second-order valence-corrected chi connectivity index (χ2v) is 7.80. The second-order valence-electron chi connectivity index (χ2n) is 7.42. The number of benzene rings is 2. The molecule has 0 bridgehead atoms. The Morgan fingerprint density at radius 3 is 2.56 bits per heavy atom. The standard InChI is InChI=1S/C23H22ClN3O5/c1-14-6-7-18(31-2)17(12-14)27-22(29)19(24)20(23(27)30)25-16-5-3-4-15(13-16)21(28)26-8-10-32-11-9-26/h3-7,12-13,25H,8-11H2,1-2H3. The van der Waals surface area contributed by atoms with Gasteiger partial charge in [-0.25, -0.2) is 4.90 Å². The average molecular weight is 456 g/mol. The first-order valence-corrected chi connectivity index (χ1v) is 10.5. The zero-order valence-electron chi connectivity index (χ0n) is 17.7. The molecule has 4 rings (SSSR count). The number of amides is 3. The van der Waals surface area contributed by atoms with Gasteiger partial charge in [0.15, 0.2) is 0 Å². The van der Waals surface area contributed by atoms with Gasteiger partial charge in [0.2, 0.25) is 0 Å². The van der Waals surface area contributed by atoms with Crippen molar-refractivity contribution in [3.63, 3.8) is 0 Å². The predicted molar refractivity (Wildman–Crippen MR) is 120 cm³/mol. The molecule has 2 aromatic carbocycles. The maximum absolute atomic E-state index is 13.1. The summed E-state index contributed by atoms with van der Waals surface area (Å²) in [5.74, 6) is -1.00. The summed E-state index contributed by atoms with van der Waals surface area (Å²) < 4.78 is 10.6. The van der Waals surface area contributed by atoms with Crippen molar-refractivity contribution in [1.82, 2.24) is 4.90 Å². The van der Waals surface area contributed by atoms with Crippen molar-refractivity contribution in [3.8, 4) is 5.75 Å². The van der Waals surface area contributed by atoms with Crippen molar-refractivity contribution in [2.24, 2.45) is 0 Å². The van der Waals surface area contributed by atoms with Crippen molar-refractivity contribution in [2.45, 2.75) is 6.92 Å². The molecule has 0 radical (unpaired) electrons. The molecule has 2 heterocycles. The summed E-state index contributed by atoms with van der Waals surface area (Å²) in [6.07, 6.45) is 0. The molecule has 2 aliphatic heterocycles. The van der Waals surface area contributed by atoms with Crippen LogP contribution in [0, 0.1) is 6.92 Å². The highest BCUT2D eigenvalue weighted by atomic mass is 35.5. The first-order chi connectivity index (χ1) is 15.4. The maximum atomic E-state index is 13.1. The number of hydrogen-bond acceptors (Lipinski definition) is 6. The fraction of sp³-hybridized carbons (Fsp3) is 0.261. The molecular formula is C23H22ClN3O5. The Morgan fingerprint density at radius 1 is 1.09 bits per heavy atom. The Morgan fingerprint density at radius 2 is 1.84 bits per heavy atom. The highest BCUT2D eigenvalue weighted by molar-refractivity contribution is 6.53. The van der Waals surface area contributed by atoms with Gasteiger partial charge in [-0.3, -0.25) is 14.4 Å². The third-order valence-corrected chi connectivity index (χ3v) is 5.63. The number of anilines is 2. The van der Waals surface area contributed by atoms with Crippen LogP contribution in [0.2, 0.25) is 0 Å². The van der Waals surface area contributed by atoms with E-state index in [0.717, 1.165) is 10.5 Å². The van der Waals surface area contributed by atoms with E-state index in [1.807, 2.05) is 13.0 Å². The largest absolute Gasteiger partial charge is 0.495 e. The number of hydrogen-bond donors (Lipinski definition) is 1. The SMILES string of the molecule is COc1ccc(C)cc1N1C(=O)C(Cl)=C(Nc2cccc(C(=O)N3CCOCC3)c2)C1=O. The van der Waals surface area contributed by atoms with E-state index in [9.17, 15) is 14.4 Å². The van der Waals surface area contributed by atoms with E-state index in [0.29, 0.717) is 49.0 Å². The summed E-state index contributed by atoms with van der Waals surface area (Å²) in [6, 6.07) is 11.9. The van der Waals surface area contributed by atoms with E-state index in [-0.39, 0.29) is 16.6 Å². The Labute approximate surface area is 190 Å². The zero-order valence-corrected chi connectivity index (χ0v) is 18.4. The van der Waals surface area contributed by atoms with E-state index in [2.05, 4.69) is 5.32 Å². The molecule has 3 amide bonds. The van der Waals surface area contributed by atoms with E-state index < -0.39 is 11.8 Å². The van der Waals surface area contributed by atoms with Crippen LogP contribution in [0.1, 0.15) is 15.9 Å². The lowest BCUT2D eigenvalue weighted by atomic mass is 10.1. The topological polar surface area (TPSA) is 88.2 Å². The number of methoxy groups -OCH3 is 1. The normalized spacial score (nSPS) is 16.6. The smallest absolute Gasteiger partial charge is 0.283 e. The van der Waals surface area contributed by atoms with Crippen LogP contribution in [0.25, 0.3) is 0 Å². The molecule has 1 N–H and O–H groups in total. The van der Waals surface area contributed by atoms with Crippen LogP contribution >= 0.6 is 11.6 Å². The van der Waals surface area contributed by atoms with E-state index >= 15 is 0 Å². The van der Waals surface area contributed by atoms with Crippen molar-refractivity contribution in [2.75, 3.05) is 43.6 Å². The summed E-state index contributed by atoms with van der Waals surface area (Å²) in [4.78, 5) is 41.4. The number of nitrogens with one attached hydrogen (secondary N) is 1. The number of carbonyl (C=O) groups is 3. The second kappa shape index (κ2) is 9.02. The molecule has 0 unspecified atom stereocenters. The van der Waals surface area contributed by atoms with Gasteiger partial charge in [0.05, 0.1) is 26.0 Å². The molecule has 32 heavy (non-hydrogen) atoms. The van der Waals surface area contributed by atoms with Gasteiger partial charge < -0.3 is 19.7 Å². The van der Waals surface area contributed by atoms with Crippen LogP contribution in [-0.2, 0) is 14.3 Å². The zero-order chi connectivity index (χ0) is 22.8. The van der Waals surface area contributed by atoms with Crippen LogP contribution in [0.5, 0.6) is 5.75 Å². The minimum atomic E-state index is -0.649. The molecular weight excluding hydrogens is 434 g/mol. The number of halogens is 1. The first kappa shape index (κ1) is 21.9. The Balaban J connectivity index is 1.59. The number of carbonyl (C=O) groups excluding carboxylic acids is 3. The Hall–Kier alpha value is -3.36. The van der Waals surface area contributed by atoms with Crippen LogP contribution in [0.15, 0.2) is 53.2 Å². The van der Waals surface area contributed by atoms with Crippen molar-refractivity contribution < 1.29 is 23.9 Å². The van der Waals surface area contributed by atoms with Gasteiger partial charge in [-0.1, -0.05) is 23.7 Å². The van der Waals surface area contributed by atoms with E-state index in [1.54, 1.807) is 41.3 Å². The van der Waals surface area contributed by atoms with E-state index in [4.69, 9.17) is 21.1 Å². The molecule has 166 valence electrons. The minimum absolute atomic E-state index is 0.0591. The highest BCUT2D eigenvalue weighted by Gasteiger charge is 2.40. The Kier molecular flexibility index (Phi) is 6.16. The summed E-state index contributed by atoms with van der Waals surface area (Å²) in [5.41, 5.74) is 2.04. The fourth-order valence-corrected chi connectivity index (χ4v) is 3.84. The summed E-state index contributed by atoms with van der Waals surface area (Å²) in [6.45, 7) is 3.89. The summed E-state index contributed by atoms with van der Waals surface area (Å²) >= 11 is 6.25. The third kappa shape index (κ3) is 4.06. The summed E-state index contributed by atoms with van der Waals surface area (Å²) in [5, 5.41) is 2.69. The lowest BCUT2D eigenvalue weighted by molar-refractivity contribution is -0.120. The van der Waals surface area contributed by atoms with Gasteiger partial charge in [-0.15, -0.1) is 0 Å². The molecule has 0 atom stereocenters. The van der Waals surface area contributed by atoms with Gasteiger partial charge in [-0.2, -0.15) is 0 Å². The number of nitrogens with zero attached hydrogens (tertiary/aromatic N) is 2. The van der Waals surface area contributed by atoms with E-state index in [1.165, 1.54) is 7.11 Å². The van der Waals surface area contributed by atoms with Gasteiger partial charge in [0, 0.05) is 24.3 Å². The van der Waals surface area contributed by atoms with Gasteiger partial charge in [-0.05, 0) is 42.8 Å². The average Bonchev–Trinajstić information content (AvgIpc) is 3.02. The first-order valence-electron chi connectivity index (χ1n) is 10.1. The number of rotatable bonds is 5. The Bertz CT molecular complexity index is 1120. The lowest BCUT2D eigenvalue weighted by Gasteiger charge is -2.27. The molecule has 0 saturated carbocycles. The fourth-order valence-electron chi connectivity index (χ4n) is 3.63. The number of imide groups is 1. The van der Waals surface area contributed by atoms with Crippen LogP contribution < -0.4 is 15.0 Å². The highest BCUT2D eigenvalue weighted by Crippen LogP contribution is 2.36. The van der Waals surface area contributed by atoms with Crippen molar-refractivity contribution in [3.05, 3.63) is 64.3 Å². The number of ether oxygens (including phenoxy) is 2. The molecule has 0 aliphatic carbocycles. The molecule has 2 aromatic rings. The van der Waals surface area contributed by atoms with Crippen LogP contribution in [0.3, 0.4) is 0 Å². The molecule has 2 aliphatic rings. The van der Waals surface area contributed by atoms with Crippen LogP contribution in [0.4, 0.5) is 11.4 Å².